The maximum atomic E-state index is 12.4. The minimum Gasteiger partial charge on any atom is -0.289 e. The molecule has 8 nitrogen and oxygen atoms in total. The van der Waals surface area contributed by atoms with Crippen LogP contribution in [-0.2, 0) is 0 Å². The zero-order chi connectivity index (χ0) is 22.8. The van der Waals surface area contributed by atoms with Gasteiger partial charge in [0.1, 0.15) is 0 Å². The predicted octanol–water partition coefficient (Wildman–Crippen LogP) is 7.36. The van der Waals surface area contributed by atoms with Crippen LogP contribution in [0.2, 0.25) is 0 Å². The van der Waals surface area contributed by atoms with E-state index in [1.54, 1.807) is 84.9 Å². The molecule has 0 atom stereocenters. The molecule has 0 aliphatic heterocycles. The van der Waals surface area contributed by atoms with Gasteiger partial charge < -0.3 is 0 Å². The average Bonchev–Trinajstić information content (AvgIpc) is 2.83. The van der Waals surface area contributed by atoms with E-state index in [0.29, 0.717) is 22.5 Å². The second kappa shape index (κ2) is 10.8. The van der Waals surface area contributed by atoms with Gasteiger partial charge in [0.2, 0.25) is 0 Å². The van der Waals surface area contributed by atoms with Crippen molar-refractivity contribution in [2.45, 2.75) is 0 Å². The molecule has 0 aliphatic rings. The summed E-state index contributed by atoms with van der Waals surface area (Å²) in [6, 6.07) is 20.0. The van der Waals surface area contributed by atoms with Crippen LogP contribution >= 0.6 is 0 Å². The topological polar surface area (TPSA) is 132 Å². The third-order valence-electron chi connectivity index (χ3n) is 4.41. The number of hydrogen-bond acceptors (Lipinski definition) is 4. The number of carbonyl (C=O) groups excluding carboxylic acids is 2. The van der Waals surface area contributed by atoms with E-state index in [4.69, 9.17) is 11.1 Å². The zero-order valence-corrected chi connectivity index (χ0v) is 16.7. The number of allylic oxidation sites excluding steroid dienone is 2. The Morgan fingerprint density at radius 1 is 0.594 bits per heavy atom. The smallest absolute Gasteiger partial charge is 0.185 e. The summed E-state index contributed by atoms with van der Waals surface area (Å²) in [6.45, 7) is 0. The highest BCUT2D eigenvalue weighted by Gasteiger charge is 2.05. The van der Waals surface area contributed by atoms with Crippen LogP contribution in [0.5, 0.6) is 0 Å². The van der Waals surface area contributed by atoms with Crippen molar-refractivity contribution in [2.24, 2.45) is 10.2 Å². The van der Waals surface area contributed by atoms with Crippen LogP contribution in [0.3, 0.4) is 0 Å². The average molecular weight is 420 g/mol. The number of hydrogen-bond donors (Lipinski definition) is 0. The third kappa shape index (κ3) is 6.05. The van der Waals surface area contributed by atoms with Gasteiger partial charge in [0.25, 0.3) is 0 Å². The molecule has 0 bridgehead atoms. The van der Waals surface area contributed by atoms with Gasteiger partial charge in [0.05, 0.1) is 0 Å². The second-order valence-electron chi connectivity index (χ2n) is 6.53. The van der Waals surface area contributed by atoms with Crippen molar-refractivity contribution in [3.63, 3.8) is 0 Å². The van der Waals surface area contributed by atoms with Gasteiger partial charge in [-0.15, -0.1) is 0 Å². The van der Waals surface area contributed by atoms with Gasteiger partial charge in [-0.2, -0.15) is 0 Å². The minimum absolute atomic E-state index is 0.196. The van der Waals surface area contributed by atoms with Crippen LogP contribution in [0.15, 0.2) is 95.2 Å². The standard InChI is InChI=1S/C24H16N6O2/c25-29-27-21-11-1-17(2-12-21)5-15-23(31)19-7-9-20(10-8-19)24(32)16-6-18-3-13-22(14-4-18)28-30-26/h1-16H/b15-5+,16-6+. The van der Waals surface area contributed by atoms with E-state index < -0.39 is 0 Å². The Bertz CT molecular complexity index is 1180. The fraction of sp³-hybridized carbons (Fsp3) is 0. The molecule has 0 saturated carbocycles. The largest absolute Gasteiger partial charge is 0.289 e. The van der Waals surface area contributed by atoms with Crippen LogP contribution in [0.1, 0.15) is 31.8 Å². The second-order valence-corrected chi connectivity index (χ2v) is 6.53. The quantitative estimate of drug-likeness (QED) is 0.124. The summed E-state index contributed by atoms with van der Waals surface area (Å²) in [5.74, 6) is -0.391. The lowest BCUT2D eigenvalue weighted by Crippen LogP contribution is -1.98. The van der Waals surface area contributed by atoms with E-state index in [1.165, 1.54) is 12.2 Å². The molecule has 0 unspecified atom stereocenters. The number of rotatable bonds is 8. The Kier molecular flexibility index (Phi) is 7.33. The third-order valence-corrected chi connectivity index (χ3v) is 4.41. The van der Waals surface area contributed by atoms with Crippen LogP contribution in [-0.4, -0.2) is 11.6 Å². The number of nitrogens with zero attached hydrogens (tertiary/aromatic N) is 6. The molecular formula is C24H16N6O2. The molecule has 0 aliphatic carbocycles. The van der Waals surface area contributed by atoms with Crippen molar-refractivity contribution in [3.8, 4) is 0 Å². The lowest BCUT2D eigenvalue weighted by molar-refractivity contribution is 0.103. The Morgan fingerprint density at radius 2 is 0.938 bits per heavy atom. The van der Waals surface area contributed by atoms with Crippen molar-refractivity contribution in [2.75, 3.05) is 0 Å². The van der Waals surface area contributed by atoms with Gasteiger partial charge in [-0.25, -0.2) is 0 Å². The summed E-state index contributed by atoms with van der Waals surface area (Å²) in [4.78, 5) is 30.2. The van der Waals surface area contributed by atoms with Crippen molar-refractivity contribution >= 4 is 35.1 Å². The molecule has 8 heteroatoms. The molecule has 0 fully saturated rings. The van der Waals surface area contributed by atoms with Crippen LogP contribution in [0.25, 0.3) is 33.0 Å². The summed E-state index contributed by atoms with van der Waals surface area (Å²) in [7, 11) is 0. The SMILES string of the molecule is [N-]=[N+]=Nc1ccc(/C=C/C(=O)c2ccc(C(=O)/C=C/c3ccc(N=[N+]=[N-])cc3)cc2)cc1. The molecular weight excluding hydrogens is 404 g/mol. The molecule has 3 aromatic rings. The highest BCUT2D eigenvalue weighted by Crippen LogP contribution is 2.16. The fourth-order valence-corrected chi connectivity index (χ4v) is 2.74. The van der Waals surface area contributed by atoms with Crippen LogP contribution < -0.4 is 0 Å². The van der Waals surface area contributed by atoms with E-state index in [1.807, 2.05) is 0 Å². The van der Waals surface area contributed by atoms with Crippen molar-refractivity contribution in [1.82, 2.24) is 0 Å². The van der Waals surface area contributed by atoms with Gasteiger partial charge >= 0.3 is 0 Å². The molecule has 0 heterocycles. The lowest BCUT2D eigenvalue weighted by atomic mass is 10.0. The molecule has 0 spiro atoms. The molecule has 0 amide bonds. The Labute approximate surface area is 183 Å². The van der Waals surface area contributed by atoms with E-state index in [2.05, 4.69) is 20.1 Å². The minimum atomic E-state index is -0.196. The first kappa shape index (κ1) is 21.8. The predicted molar refractivity (Wildman–Crippen MR) is 124 cm³/mol. The molecule has 0 saturated heterocycles. The summed E-state index contributed by atoms with van der Waals surface area (Å²) in [5, 5.41) is 6.99. The number of carbonyl (C=O) groups is 2. The van der Waals surface area contributed by atoms with Crippen molar-refractivity contribution in [3.05, 3.63) is 128 Å². The maximum absolute atomic E-state index is 12.4. The lowest BCUT2D eigenvalue weighted by Gasteiger charge is -2.00. The molecule has 3 rings (SSSR count). The molecule has 32 heavy (non-hydrogen) atoms. The van der Waals surface area contributed by atoms with Gasteiger partial charge in [0, 0.05) is 32.3 Å². The Morgan fingerprint density at radius 3 is 1.25 bits per heavy atom. The summed E-state index contributed by atoms with van der Waals surface area (Å²) < 4.78 is 0. The fourth-order valence-electron chi connectivity index (χ4n) is 2.74. The number of azide groups is 2. The summed E-state index contributed by atoms with van der Waals surface area (Å²) in [5.41, 5.74) is 20.3. The number of benzene rings is 3. The summed E-state index contributed by atoms with van der Waals surface area (Å²) in [6.07, 6.45) is 6.22. The zero-order valence-electron chi connectivity index (χ0n) is 16.7. The van der Waals surface area contributed by atoms with E-state index in [-0.39, 0.29) is 11.6 Å². The normalized spacial score (nSPS) is 10.5. The first-order valence-electron chi connectivity index (χ1n) is 9.44. The monoisotopic (exact) mass is 420 g/mol. The first-order chi connectivity index (χ1) is 15.6. The van der Waals surface area contributed by atoms with Crippen molar-refractivity contribution < 1.29 is 9.59 Å². The van der Waals surface area contributed by atoms with Gasteiger partial charge in [-0.1, -0.05) is 95.2 Å². The van der Waals surface area contributed by atoms with Gasteiger partial charge in [0.15, 0.2) is 11.6 Å². The Balaban J connectivity index is 1.62. The van der Waals surface area contributed by atoms with E-state index >= 15 is 0 Å². The number of ketones is 2. The highest BCUT2D eigenvalue weighted by molar-refractivity contribution is 6.09. The Hall–Kier alpha value is -4.90. The van der Waals surface area contributed by atoms with E-state index in [9.17, 15) is 9.59 Å². The van der Waals surface area contributed by atoms with E-state index in [0.717, 1.165) is 11.1 Å². The summed E-state index contributed by atoms with van der Waals surface area (Å²) >= 11 is 0. The molecule has 0 aromatic heterocycles. The first-order valence-corrected chi connectivity index (χ1v) is 9.44. The molecule has 0 radical (unpaired) electrons. The highest BCUT2D eigenvalue weighted by atomic mass is 16.1. The molecule has 3 aromatic carbocycles. The van der Waals surface area contributed by atoms with Gasteiger partial charge in [-0.3, -0.25) is 9.59 Å². The molecule has 0 N–H and O–H groups in total. The maximum Gasteiger partial charge on any atom is 0.185 e. The van der Waals surface area contributed by atoms with Crippen LogP contribution in [0.4, 0.5) is 11.4 Å². The van der Waals surface area contributed by atoms with Gasteiger partial charge in [-0.05, 0) is 34.3 Å². The van der Waals surface area contributed by atoms with Crippen LogP contribution in [0, 0.1) is 0 Å². The van der Waals surface area contributed by atoms with Crippen molar-refractivity contribution in [1.29, 1.82) is 0 Å². The molecule has 154 valence electrons.